The number of hydrogen-bond donors (Lipinski definition) is 1. The van der Waals surface area contributed by atoms with Crippen molar-refractivity contribution in [2.45, 2.75) is 25.9 Å². The summed E-state index contributed by atoms with van der Waals surface area (Å²) in [5, 5.41) is 10.9. The number of aryl methyl sites for hydroxylation is 1. The molecule has 0 aliphatic carbocycles. The lowest BCUT2D eigenvalue weighted by molar-refractivity contribution is -0.126. The van der Waals surface area contributed by atoms with Crippen LogP contribution in [0, 0.1) is 5.92 Å². The number of amides is 1. The van der Waals surface area contributed by atoms with Crippen LogP contribution < -0.4 is 14.8 Å². The standard InChI is InChI=1S/C17H16N6O4/c24-16(11-2-4-15-19-8-20-23(15)7-11)18-6-14-21-17(27-22-14)10-1-3-12-13(5-10)26-9-25-12/h1,3,5,8,11H,2,4,6-7,9H2,(H,18,24). The maximum absolute atomic E-state index is 12.4. The number of carbonyl (C=O) groups is 1. The number of benzene rings is 1. The zero-order valence-electron chi connectivity index (χ0n) is 14.3. The number of nitrogens with one attached hydrogen (secondary N) is 1. The molecule has 0 saturated carbocycles. The summed E-state index contributed by atoms with van der Waals surface area (Å²) in [5.41, 5.74) is 0.732. The topological polar surface area (TPSA) is 117 Å². The van der Waals surface area contributed by atoms with E-state index in [1.807, 2.05) is 6.07 Å². The van der Waals surface area contributed by atoms with E-state index in [4.69, 9.17) is 14.0 Å². The van der Waals surface area contributed by atoms with Crippen LogP contribution in [0.3, 0.4) is 0 Å². The van der Waals surface area contributed by atoms with Gasteiger partial charge in [-0.25, -0.2) is 9.67 Å². The third kappa shape index (κ3) is 2.98. The SMILES string of the molecule is O=C(NCc1noc(-c2ccc3c(c2)OCO3)n1)C1CCc2ncnn2C1. The quantitative estimate of drug-likeness (QED) is 0.723. The Morgan fingerprint density at radius 1 is 1.30 bits per heavy atom. The van der Waals surface area contributed by atoms with Crippen molar-refractivity contribution in [3.8, 4) is 23.0 Å². The summed E-state index contributed by atoms with van der Waals surface area (Å²) >= 11 is 0. The third-order valence-electron chi connectivity index (χ3n) is 4.68. The fourth-order valence-corrected chi connectivity index (χ4v) is 3.23. The maximum Gasteiger partial charge on any atom is 0.258 e. The van der Waals surface area contributed by atoms with E-state index in [0.29, 0.717) is 29.8 Å². The van der Waals surface area contributed by atoms with Crippen LogP contribution in [0.1, 0.15) is 18.1 Å². The molecule has 1 atom stereocenters. The van der Waals surface area contributed by atoms with Crippen LogP contribution >= 0.6 is 0 Å². The molecule has 1 unspecified atom stereocenters. The highest BCUT2D eigenvalue weighted by Gasteiger charge is 2.26. The number of carbonyl (C=O) groups excluding carboxylic acids is 1. The van der Waals surface area contributed by atoms with E-state index in [0.717, 1.165) is 24.2 Å². The fraction of sp³-hybridized carbons (Fsp3) is 0.353. The van der Waals surface area contributed by atoms with Crippen LogP contribution in [0.15, 0.2) is 29.0 Å². The molecule has 0 radical (unpaired) electrons. The van der Waals surface area contributed by atoms with Crippen LogP contribution in [0.25, 0.3) is 11.5 Å². The molecule has 27 heavy (non-hydrogen) atoms. The number of hydrogen-bond acceptors (Lipinski definition) is 8. The van der Waals surface area contributed by atoms with Gasteiger partial charge in [0.05, 0.1) is 19.0 Å². The second-order valence-corrected chi connectivity index (χ2v) is 6.40. The van der Waals surface area contributed by atoms with E-state index >= 15 is 0 Å². The molecule has 0 fully saturated rings. The lowest BCUT2D eigenvalue weighted by Crippen LogP contribution is -2.36. The lowest BCUT2D eigenvalue weighted by Gasteiger charge is -2.21. The number of ether oxygens (including phenoxy) is 2. The molecule has 2 aliphatic rings. The van der Waals surface area contributed by atoms with Gasteiger partial charge < -0.3 is 19.3 Å². The summed E-state index contributed by atoms with van der Waals surface area (Å²) in [6, 6.07) is 5.40. The molecule has 138 valence electrons. The second kappa shape index (κ2) is 6.38. The van der Waals surface area contributed by atoms with E-state index in [1.165, 1.54) is 6.33 Å². The predicted molar refractivity (Wildman–Crippen MR) is 89.5 cm³/mol. The highest BCUT2D eigenvalue weighted by atomic mass is 16.7. The number of aromatic nitrogens is 5. The Morgan fingerprint density at radius 3 is 3.19 bits per heavy atom. The Bertz CT molecular complexity index is 997. The highest BCUT2D eigenvalue weighted by molar-refractivity contribution is 5.78. The van der Waals surface area contributed by atoms with Gasteiger partial charge in [-0.3, -0.25) is 4.79 Å². The normalized spacial score (nSPS) is 17.6. The molecule has 1 N–H and O–H groups in total. The minimum atomic E-state index is -0.139. The van der Waals surface area contributed by atoms with Gasteiger partial charge in [0.2, 0.25) is 12.7 Å². The zero-order valence-corrected chi connectivity index (χ0v) is 14.3. The van der Waals surface area contributed by atoms with Gasteiger partial charge in [0, 0.05) is 12.0 Å². The van der Waals surface area contributed by atoms with E-state index in [-0.39, 0.29) is 25.2 Å². The van der Waals surface area contributed by atoms with Gasteiger partial charge >= 0.3 is 0 Å². The van der Waals surface area contributed by atoms with Crippen LogP contribution in [0.4, 0.5) is 0 Å². The molecular formula is C17H16N6O4. The van der Waals surface area contributed by atoms with Crippen LogP contribution in [-0.4, -0.2) is 37.6 Å². The predicted octanol–water partition coefficient (Wildman–Crippen LogP) is 0.936. The van der Waals surface area contributed by atoms with Crippen molar-refractivity contribution in [1.29, 1.82) is 0 Å². The molecule has 10 heteroatoms. The first-order chi connectivity index (χ1) is 13.3. The van der Waals surface area contributed by atoms with Gasteiger partial charge in [-0.05, 0) is 24.6 Å². The molecule has 2 aliphatic heterocycles. The van der Waals surface area contributed by atoms with Crippen molar-refractivity contribution in [1.82, 2.24) is 30.2 Å². The van der Waals surface area contributed by atoms with Gasteiger partial charge in [0.15, 0.2) is 17.3 Å². The number of fused-ring (bicyclic) bond motifs is 2. The van der Waals surface area contributed by atoms with Gasteiger partial charge in [-0.1, -0.05) is 5.16 Å². The van der Waals surface area contributed by atoms with E-state index in [2.05, 4.69) is 25.5 Å². The first-order valence-corrected chi connectivity index (χ1v) is 8.63. The van der Waals surface area contributed by atoms with Crippen molar-refractivity contribution in [2.75, 3.05) is 6.79 Å². The lowest BCUT2D eigenvalue weighted by atomic mass is 9.99. The second-order valence-electron chi connectivity index (χ2n) is 6.40. The molecule has 5 rings (SSSR count). The summed E-state index contributed by atoms with van der Waals surface area (Å²) in [5.74, 6) is 2.84. The summed E-state index contributed by atoms with van der Waals surface area (Å²) in [6.45, 7) is 0.945. The number of nitrogens with zero attached hydrogens (tertiary/aromatic N) is 5. The Morgan fingerprint density at radius 2 is 2.22 bits per heavy atom. The van der Waals surface area contributed by atoms with Crippen LogP contribution in [0.2, 0.25) is 0 Å². The molecule has 10 nitrogen and oxygen atoms in total. The van der Waals surface area contributed by atoms with Gasteiger partial charge in [0.25, 0.3) is 5.89 Å². The summed E-state index contributed by atoms with van der Waals surface area (Å²) in [6.07, 6.45) is 3.01. The summed E-state index contributed by atoms with van der Waals surface area (Å²) < 4.78 is 17.7. The Hall–Kier alpha value is -3.43. The third-order valence-corrected chi connectivity index (χ3v) is 4.68. The smallest absolute Gasteiger partial charge is 0.258 e. The van der Waals surface area contributed by atoms with Crippen molar-refractivity contribution >= 4 is 5.91 Å². The van der Waals surface area contributed by atoms with Gasteiger partial charge in [-0.2, -0.15) is 10.1 Å². The van der Waals surface area contributed by atoms with Crippen molar-refractivity contribution in [3.63, 3.8) is 0 Å². The Balaban J connectivity index is 1.22. The highest BCUT2D eigenvalue weighted by Crippen LogP contribution is 2.35. The van der Waals surface area contributed by atoms with Crippen LogP contribution in [0.5, 0.6) is 11.5 Å². The molecule has 2 aromatic heterocycles. The van der Waals surface area contributed by atoms with Crippen molar-refractivity contribution in [2.24, 2.45) is 5.92 Å². The van der Waals surface area contributed by atoms with E-state index in [9.17, 15) is 4.79 Å². The number of rotatable bonds is 4. The minimum Gasteiger partial charge on any atom is -0.454 e. The molecule has 3 aromatic rings. The first-order valence-electron chi connectivity index (χ1n) is 8.63. The molecule has 4 heterocycles. The zero-order chi connectivity index (χ0) is 18.2. The molecule has 1 amide bonds. The summed E-state index contributed by atoms with van der Waals surface area (Å²) in [7, 11) is 0. The van der Waals surface area contributed by atoms with Crippen LogP contribution in [-0.2, 0) is 24.3 Å². The van der Waals surface area contributed by atoms with Gasteiger partial charge in [0.1, 0.15) is 12.2 Å². The van der Waals surface area contributed by atoms with Gasteiger partial charge in [-0.15, -0.1) is 0 Å². The molecule has 0 spiro atoms. The van der Waals surface area contributed by atoms with E-state index in [1.54, 1.807) is 16.8 Å². The fourth-order valence-electron chi connectivity index (χ4n) is 3.23. The van der Waals surface area contributed by atoms with E-state index < -0.39 is 0 Å². The van der Waals surface area contributed by atoms with Crippen molar-refractivity contribution < 1.29 is 18.8 Å². The monoisotopic (exact) mass is 368 g/mol. The first kappa shape index (κ1) is 15.8. The average molecular weight is 368 g/mol. The van der Waals surface area contributed by atoms with Crippen molar-refractivity contribution in [3.05, 3.63) is 36.2 Å². The molecule has 0 bridgehead atoms. The Labute approximate surface area is 153 Å². The molecular weight excluding hydrogens is 352 g/mol. The largest absolute Gasteiger partial charge is 0.454 e. The molecule has 1 aromatic carbocycles. The minimum absolute atomic E-state index is 0.0504. The average Bonchev–Trinajstić information content (AvgIpc) is 3.44. The maximum atomic E-state index is 12.4. The molecule has 0 saturated heterocycles. The Kier molecular flexibility index (Phi) is 3.73. The summed E-state index contributed by atoms with van der Waals surface area (Å²) in [4.78, 5) is 20.9.